The van der Waals surface area contributed by atoms with Crippen molar-refractivity contribution in [2.45, 2.75) is 0 Å². The van der Waals surface area contributed by atoms with Crippen molar-refractivity contribution in [3.8, 4) is 16.9 Å². The van der Waals surface area contributed by atoms with Crippen LogP contribution in [0.25, 0.3) is 11.1 Å². The topological polar surface area (TPSA) is 100 Å². The number of esters is 3. The molecule has 8 nitrogen and oxygen atoms in total. The van der Waals surface area contributed by atoms with E-state index in [0.717, 1.165) is 22.9 Å². The Labute approximate surface area is 209 Å². The molecule has 0 aliphatic rings. The van der Waals surface area contributed by atoms with E-state index < -0.39 is 17.9 Å². The fourth-order valence-electron chi connectivity index (χ4n) is 3.09. The molecule has 0 saturated heterocycles. The summed E-state index contributed by atoms with van der Waals surface area (Å²) >= 11 is 0. The number of ether oxygens (including phenoxy) is 4. The van der Waals surface area contributed by atoms with E-state index in [0.29, 0.717) is 16.9 Å². The van der Waals surface area contributed by atoms with Crippen molar-refractivity contribution in [3.05, 3.63) is 96.6 Å². The normalized spacial score (nSPS) is 10.2. The van der Waals surface area contributed by atoms with E-state index in [2.05, 4.69) is 11.9 Å². The number of hydrogen-bond acceptors (Lipinski definition) is 8. The van der Waals surface area contributed by atoms with Gasteiger partial charge in [-0.05, 0) is 59.7 Å². The van der Waals surface area contributed by atoms with Crippen LogP contribution < -0.4 is 10.1 Å². The molecule has 1 N–H and O–H groups in total. The van der Waals surface area contributed by atoms with E-state index in [1.165, 1.54) is 0 Å². The number of carbonyl (C=O) groups is 3. The van der Waals surface area contributed by atoms with Gasteiger partial charge in [0.15, 0.2) is 0 Å². The van der Waals surface area contributed by atoms with Crippen LogP contribution in [0, 0.1) is 0 Å². The van der Waals surface area contributed by atoms with Gasteiger partial charge in [-0.25, -0.2) is 14.4 Å². The summed E-state index contributed by atoms with van der Waals surface area (Å²) in [7, 11) is 1.81. The highest BCUT2D eigenvalue weighted by atomic mass is 16.6. The van der Waals surface area contributed by atoms with Crippen LogP contribution in [0.15, 0.2) is 85.5 Å². The van der Waals surface area contributed by atoms with Gasteiger partial charge in [0.25, 0.3) is 0 Å². The molecule has 0 bridgehead atoms. The lowest BCUT2D eigenvalue weighted by molar-refractivity contribution is -0.139. The second-order valence-corrected chi connectivity index (χ2v) is 7.44. The van der Waals surface area contributed by atoms with Gasteiger partial charge in [-0.3, -0.25) is 0 Å². The van der Waals surface area contributed by atoms with Crippen LogP contribution >= 0.6 is 0 Å². The van der Waals surface area contributed by atoms with Crippen molar-refractivity contribution in [1.29, 1.82) is 0 Å². The molecule has 0 saturated carbocycles. The minimum absolute atomic E-state index is 0.0792. The Hall–Kier alpha value is -4.43. The first-order valence-electron chi connectivity index (χ1n) is 11.2. The van der Waals surface area contributed by atoms with Crippen LogP contribution in [-0.2, 0) is 19.0 Å². The maximum Gasteiger partial charge on any atom is 0.343 e. The predicted molar refractivity (Wildman–Crippen MR) is 135 cm³/mol. The predicted octanol–water partition coefficient (Wildman–Crippen LogP) is 4.52. The van der Waals surface area contributed by atoms with Crippen LogP contribution in [0.4, 0.5) is 5.69 Å². The zero-order chi connectivity index (χ0) is 25.8. The van der Waals surface area contributed by atoms with Crippen molar-refractivity contribution in [1.82, 2.24) is 0 Å². The number of carbonyl (C=O) groups excluding carboxylic acids is 3. The Morgan fingerprint density at radius 2 is 1.25 bits per heavy atom. The van der Waals surface area contributed by atoms with E-state index in [1.807, 2.05) is 31.3 Å². The number of anilines is 1. The number of rotatable bonds is 12. The Balaban J connectivity index is 1.45. The van der Waals surface area contributed by atoms with Crippen LogP contribution in [-0.4, -0.2) is 51.4 Å². The summed E-state index contributed by atoms with van der Waals surface area (Å²) in [5, 5.41) is 3.00. The quantitative estimate of drug-likeness (QED) is 0.172. The second-order valence-electron chi connectivity index (χ2n) is 7.44. The molecule has 8 heteroatoms. The highest BCUT2D eigenvalue weighted by Gasteiger charge is 2.10. The van der Waals surface area contributed by atoms with Gasteiger partial charge < -0.3 is 24.3 Å². The lowest BCUT2D eigenvalue weighted by atomic mass is 10.0. The Morgan fingerprint density at radius 3 is 1.83 bits per heavy atom. The molecule has 0 spiro atoms. The van der Waals surface area contributed by atoms with Gasteiger partial charge in [0.2, 0.25) is 0 Å². The first kappa shape index (κ1) is 26.2. The summed E-state index contributed by atoms with van der Waals surface area (Å²) in [5.41, 5.74) is 3.57. The van der Waals surface area contributed by atoms with E-state index in [-0.39, 0.29) is 26.4 Å². The SMILES string of the molecule is C=CC(=O)OCCOCCOC(=O)c1ccc(-c2ccc(OC(=O)c3ccc(NC)cc3)cc2)cc1. The third-order valence-corrected chi connectivity index (χ3v) is 5.03. The van der Waals surface area contributed by atoms with Gasteiger partial charge in [-0.15, -0.1) is 0 Å². The molecule has 0 aliphatic heterocycles. The minimum atomic E-state index is -0.514. The van der Waals surface area contributed by atoms with Crippen LogP contribution in [0.3, 0.4) is 0 Å². The summed E-state index contributed by atoms with van der Waals surface area (Å²) in [6.07, 6.45) is 1.08. The van der Waals surface area contributed by atoms with Crippen molar-refractivity contribution < 1.29 is 33.3 Å². The number of hydrogen-bond donors (Lipinski definition) is 1. The van der Waals surface area contributed by atoms with Crippen LogP contribution in [0.5, 0.6) is 5.75 Å². The molecular weight excluding hydrogens is 462 g/mol. The first-order chi connectivity index (χ1) is 17.5. The maximum atomic E-state index is 12.3. The van der Waals surface area contributed by atoms with Crippen molar-refractivity contribution >= 4 is 23.6 Å². The van der Waals surface area contributed by atoms with Gasteiger partial charge in [-0.1, -0.05) is 30.8 Å². The first-order valence-corrected chi connectivity index (χ1v) is 11.2. The Morgan fingerprint density at radius 1 is 0.722 bits per heavy atom. The highest BCUT2D eigenvalue weighted by Crippen LogP contribution is 2.24. The third kappa shape index (κ3) is 7.82. The fraction of sp³-hybridized carbons (Fsp3) is 0.179. The second kappa shape index (κ2) is 13.5. The molecule has 0 radical (unpaired) electrons. The lowest BCUT2D eigenvalue weighted by Gasteiger charge is -2.08. The molecule has 0 unspecified atom stereocenters. The van der Waals surface area contributed by atoms with Gasteiger partial charge in [-0.2, -0.15) is 0 Å². The average Bonchev–Trinajstić information content (AvgIpc) is 2.92. The standard InChI is InChI=1S/C28H27NO7/c1-3-26(30)34-18-16-33-17-19-35-27(31)22-6-4-20(5-7-22)21-10-14-25(15-11-21)36-28(32)23-8-12-24(29-2)13-9-23/h3-15,29H,1,16-19H2,2H3. The van der Waals surface area contributed by atoms with Gasteiger partial charge in [0, 0.05) is 18.8 Å². The highest BCUT2D eigenvalue weighted by molar-refractivity contribution is 5.91. The van der Waals surface area contributed by atoms with E-state index in [1.54, 1.807) is 48.5 Å². The van der Waals surface area contributed by atoms with Gasteiger partial charge >= 0.3 is 17.9 Å². The van der Waals surface area contributed by atoms with E-state index in [4.69, 9.17) is 18.9 Å². The molecule has 0 fully saturated rings. The van der Waals surface area contributed by atoms with Crippen molar-refractivity contribution in [3.63, 3.8) is 0 Å². The number of nitrogens with one attached hydrogen (secondary N) is 1. The molecule has 3 rings (SSSR count). The van der Waals surface area contributed by atoms with Crippen LogP contribution in [0.2, 0.25) is 0 Å². The largest absolute Gasteiger partial charge is 0.460 e. The summed E-state index contributed by atoms with van der Waals surface area (Å²) < 4.78 is 20.6. The van der Waals surface area contributed by atoms with Crippen molar-refractivity contribution in [2.75, 3.05) is 38.8 Å². The van der Waals surface area contributed by atoms with Gasteiger partial charge in [0.05, 0.1) is 24.3 Å². The zero-order valence-corrected chi connectivity index (χ0v) is 19.9. The molecule has 36 heavy (non-hydrogen) atoms. The molecule has 0 heterocycles. The molecule has 0 aliphatic carbocycles. The molecule has 3 aromatic rings. The smallest absolute Gasteiger partial charge is 0.343 e. The summed E-state index contributed by atoms with van der Waals surface area (Å²) in [4.78, 5) is 35.4. The molecule has 0 amide bonds. The monoisotopic (exact) mass is 489 g/mol. The van der Waals surface area contributed by atoms with E-state index in [9.17, 15) is 14.4 Å². The zero-order valence-electron chi connectivity index (χ0n) is 19.9. The summed E-state index contributed by atoms with van der Waals surface area (Å²) in [6, 6.07) is 21.1. The third-order valence-electron chi connectivity index (χ3n) is 5.03. The lowest BCUT2D eigenvalue weighted by Crippen LogP contribution is -2.14. The molecule has 0 aromatic heterocycles. The van der Waals surface area contributed by atoms with Gasteiger partial charge in [0.1, 0.15) is 19.0 Å². The molecule has 186 valence electrons. The summed E-state index contributed by atoms with van der Waals surface area (Å²) in [5.74, 6) is -0.981. The molecular formula is C28H27NO7. The number of benzene rings is 3. The Kier molecular flexibility index (Phi) is 9.79. The Bertz CT molecular complexity index is 1170. The average molecular weight is 490 g/mol. The van der Waals surface area contributed by atoms with E-state index >= 15 is 0 Å². The minimum Gasteiger partial charge on any atom is -0.460 e. The fourth-order valence-corrected chi connectivity index (χ4v) is 3.09. The summed E-state index contributed by atoms with van der Waals surface area (Å²) in [6.45, 7) is 3.87. The molecule has 3 aromatic carbocycles. The van der Waals surface area contributed by atoms with Crippen molar-refractivity contribution in [2.24, 2.45) is 0 Å². The van der Waals surface area contributed by atoms with Crippen LogP contribution in [0.1, 0.15) is 20.7 Å². The molecule has 0 atom stereocenters. The maximum absolute atomic E-state index is 12.3.